The lowest BCUT2D eigenvalue weighted by Gasteiger charge is -2.25. The van der Waals surface area contributed by atoms with Crippen LogP contribution in [0.1, 0.15) is 33.9 Å². The third-order valence-electron chi connectivity index (χ3n) is 6.44. The Bertz CT molecular complexity index is 1500. The number of amides is 1. The average molecular weight is 507 g/mol. The summed E-state index contributed by atoms with van der Waals surface area (Å²) in [5.41, 5.74) is 3.89. The van der Waals surface area contributed by atoms with E-state index in [1.54, 1.807) is 54.9 Å². The number of carbonyl (C=O) groups is 2. The molecule has 0 radical (unpaired) electrons. The summed E-state index contributed by atoms with van der Waals surface area (Å²) in [6.07, 6.45) is 3.26. The Kier molecular flexibility index (Phi) is 6.91. The first-order valence-electron chi connectivity index (χ1n) is 12.2. The van der Waals surface area contributed by atoms with Gasteiger partial charge in [-0.25, -0.2) is 0 Å². The number of benzene rings is 3. The van der Waals surface area contributed by atoms with Crippen LogP contribution in [0.5, 0.6) is 11.5 Å². The molecule has 0 bridgehead atoms. The van der Waals surface area contributed by atoms with Crippen LogP contribution in [0.4, 0.5) is 0 Å². The van der Waals surface area contributed by atoms with Gasteiger partial charge in [-0.15, -0.1) is 0 Å². The number of aromatic nitrogens is 1. The molecule has 0 spiro atoms. The van der Waals surface area contributed by atoms with Crippen molar-refractivity contribution in [2.75, 3.05) is 0 Å². The monoisotopic (exact) mass is 506 g/mol. The summed E-state index contributed by atoms with van der Waals surface area (Å²) in [7, 11) is 0. The molecule has 4 aromatic rings. The average Bonchev–Trinajstić information content (AvgIpc) is 3.18. The first kappa shape index (κ1) is 24.8. The molecule has 2 N–H and O–H groups in total. The first-order chi connectivity index (χ1) is 18.4. The van der Waals surface area contributed by atoms with Crippen molar-refractivity contribution in [2.24, 2.45) is 0 Å². The van der Waals surface area contributed by atoms with Gasteiger partial charge in [0.2, 0.25) is 0 Å². The Morgan fingerprint density at radius 2 is 1.68 bits per heavy atom. The minimum Gasteiger partial charge on any atom is -0.508 e. The Labute approximate surface area is 220 Å². The normalized spacial score (nSPS) is 16.6. The van der Waals surface area contributed by atoms with Crippen LogP contribution in [0, 0.1) is 6.92 Å². The predicted octanol–water partition coefficient (Wildman–Crippen LogP) is 5.30. The SMILES string of the molecule is Cc1cccc(COc2ccc(/C(O)=C3/C(=O)C(=O)N(Cc4cccnc4)C3c3ccc(O)cc3)cc2)c1. The van der Waals surface area contributed by atoms with Gasteiger partial charge in [-0.2, -0.15) is 0 Å². The van der Waals surface area contributed by atoms with E-state index in [0.717, 1.165) is 16.7 Å². The van der Waals surface area contributed by atoms with E-state index < -0.39 is 17.7 Å². The van der Waals surface area contributed by atoms with Gasteiger partial charge in [-0.1, -0.05) is 48.0 Å². The number of aromatic hydroxyl groups is 1. The second kappa shape index (κ2) is 10.6. The molecule has 0 aliphatic carbocycles. The van der Waals surface area contributed by atoms with Gasteiger partial charge in [-0.05, 0) is 66.1 Å². The second-order valence-electron chi connectivity index (χ2n) is 9.18. The van der Waals surface area contributed by atoms with Crippen molar-refractivity contribution >= 4 is 17.4 Å². The van der Waals surface area contributed by atoms with E-state index in [-0.39, 0.29) is 23.6 Å². The van der Waals surface area contributed by atoms with E-state index >= 15 is 0 Å². The fourth-order valence-corrected chi connectivity index (χ4v) is 4.57. The summed E-state index contributed by atoms with van der Waals surface area (Å²) < 4.78 is 5.87. The van der Waals surface area contributed by atoms with Crippen molar-refractivity contribution in [3.8, 4) is 11.5 Å². The van der Waals surface area contributed by atoms with Gasteiger partial charge in [0.25, 0.3) is 11.7 Å². The van der Waals surface area contributed by atoms with Gasteiger partial charge in [0.05, 0.1) is 11.6 Å². The molecule has 1 saturated heterocycles. The number of Topliss-reactive ketones (excluding diaryl/α,β-unsaturated/α-hetero) is 1. The maximum Gasteiger partial charge on any atom is 0.295 e. The number of ether oxygens (including phenoxy) is 1. The molecule has 7 heteroatoms. The quantitative estimate of drug-likeness (QED) is 0.201. The number of likely N-dealkylation sites (tertiary alicyclic amines) is 1. The Hall–Kier alpha value is -4.91. The van der Waals surface area contributed by atoms with Crippen LogP contribution < -0.4 is 4.74 Å². The second-order valence-corrected chi connectivity index (χ2v) is 9.18. The zero-order valence-corrected chi connectivity index (χ0v) is 20.7. The molecular weight excluding hydrogens is 480 g/mol. The maximum atomic E-state index is 13.2. The molecule has 5 rings (SSSR count). The van der Waals surface area contributed by atoms with E-state index in [1.165, 1.54) is 17.0 Å². The highest BCUT2D eigenvalue weighted by molar-refractivity contribution is 6.46. The topological polar surface area (TPSA) is 100.0 Å². The van der Waals surface area contributed by atoms with Crippen LogP contribution in [-0.2, 0) is 22.7 Å². The number of carbonyl (C=O) groups excluding carboxylic acids is 2. The summed E-state index contributed by atoms with van der Waals surface area (Å²) in [4.78, 5) is 31.9. The van der Waals surface area contributed by atoms with Gasteiger partial charge in [0.15, 0.2) is 0 Å². The summed E-state index contributed by atoms with van der Waals surface area (Å²) in [6, 6.07) is 23.7. The molecule has 1 unspecified atom stereocenters. The molecule has 3 aromatic carbocycles. The van der Waals surface area contributed by atoms with Crippen molar-refractivity contribution in [3.63, 3.8) is 0 Å². The molecule has 7 nitrogen and oxygen atoms in total. The number of hydrogen-bond donors (Lipinski definition) is 2. The number of aliphatic hydroxyl groups is 1. The highest BCUT2D eigenvalue weighted by Gasteiger charge is 2.46. The van der Waals surface area contributed by atoms with E-state index in [0.29, 0.717) is 23.5 Å². The molecular formula is C31H26N2O5. The Balaban J connectivity index is 1.47. The van der Waals surface area contributed by atoms with E-state index in [1.807, 2.05) is 37.3 Å². The fraction of sp³-hybridized carbons (Fsp3) is 0.129. The largest absolute Gasteiger partial charge is 0.508 e. The zero-order valence-electron chi connectivity index (χ0n) is 20.7. The number of aryl methyl sites for hydroxylation is 1. The smallest absolute Gasteiger partial charge is 0.295 e. The van der Waals surface area contributed by atoms with Crippen LogP contribution in [0.3, 0.4) is 0 Å². The molecule has 38 heavy (non-hydrogen) atoms. The summed E-state index contributed by atoms with van der Waals surface area (Å²) in [6.45, 7) is 2.55. The molecule has 1 aromatic heterocycles. The maximum absolute atomic E-state index is 13.2. The zero-order chi connectivity index (χ0) is 26.6. The van der Waals surface area contributed by atoms with Gasteiger partial charge >= 0.3 is 0 Å². The minimum absolute atomic E-state index is 0.0157. The number of rotatable bonds is 7. The molecule has 1 aliphatic heterocycles. The molecule has 1 atom stereocenters. The molecule has 1 aliphatic rings. The summed E-state index contributed by atoms with van der Waals surface area (Å²) in [5.74, 6) is -1.11. The number of hydrogen-bond acceptors (Lipinski definition) is 6. The van der Waals surface area contributed by atoms with Gasteiger partial charge in [-0.3, -0.25) is 14.6 Å². The lowest BCUT2D eigenvalue weighted by atomic mass is 9.95. The van der Waals surface area contributed by atoms with Gasteiger partial charge in [0, 0.05) is 24.5 Å². The highest BCUT2D eigenvalue weighted by Crippen LogP contribution is 2.40. The number of phenolic OH excluding ortho intramolecular Hbond substituents is 1. The van der Waals surface area contributed by atoms with Crippen LogP contribution in [-0.4, -0.2) is 31.8 Å². The van der Waals surface area contributed by atoms with Crippen molar-refractivity contribution < 1.29 is 24.5 Å². The van der Waals surface area contributed by atoms with Gasteiger partial charge in [0.1, 0.15) is 23.9 Å². The van der Waals surface area contributed by atoms with Crippen LogP contribution in [0.15, 0.2) is 103 Å². The number of ketones is 1. The van der Waals surface area contributed by atoms with E-state index in [2.05, 4.69) is 4.98 Å². The van der Waals surface area contributed by atoms with E-state index in [9.17, 15) is 19.8 Å². The van der Waals surface area contributed by atoms with Gasteiger partial charge < -0.3 is 19.8 Å². The van der Waals surface area contributed by atoms with Crippen LogP contribution in [0.25, 0.3) is 5.76 Å². The first-order valence-corrected chi connectivity index (χ1v) is 12.2. The van der Waals surface area contributed by atoms with Crippen molar-refractivity contribution in [1.82, 2.24) is 9.88 Å². The minimum atomic E-state index is -0.840. The van der Waals surface area contributed by atoms with Crippen LogP contribution >= 0.6 is 0 Å². The number of phenols is 1. The highest BCUT2D eigenvalue weighted by atomic mass is 16.5. The van der Waals surface area contributed by atoms with Crippen LogP contribution in [0.2, 0.25) is 0 Å². The number of aliphatic hydroxyl groups excluding tert-OH is 1. The predicted molar refractivity (Wildman–Crippen MR) is 142 cm³/mol. The summed E-state index contributed by atoms with van der Waals surface area (Å²) in [5, 5.41) is 21.1. The third-order valence-corrected chi connectivity index (χ3v) is 6.44. The Morgan fingerprint density at radius 1 is 0.947 bits per heavy atom. The number of pyridine rings is 1. The lowest BCUT2D eigenvalue weighted by Crippen LogP contribution is -2.29. The lowest BCUT2D eigenvalue weighted by molar-refractivity contribution is -0.140. The Morgan fingerprint density at radius 3 is 2.37 bits per heavy atom. The molecule has 1 fully saturated rings. The standard InChI is InChI=1S/C31H26N2O5/c1-20-4-2-5-21(16-20)19-38-26-13-9-24(10-14-26)29(35)27-28(23-7-11-25(34)12-8-23)33(31(37)30(27)36)18-22-6-3-15-32-17-22/h2-17,28,34-35H,18-19H2,1H3/b29-27-. The molecule has 0 saturated carbocycles. The van der Waals surface area contributed by atoms with Crippen molar-refractivity contribution in [2.45, 2.75) is 26.1 Å². The summed E-state index contributed by atoms with van der Waals surface area (Å²) >= 11 is 0. The van der Waals surface area contributed by atoms with E-state index in [4.69, 9.17) is 4.74 Å². The fourth-order valence-electron chi connectivity index (χ4n) is 4.57. The molecule has 190 valence electrons. The van der Waals surface area contributed by atoms with Crippen molar-refractivity contribution in [3.05, 3.63) is 131 Å². The molecule has 1 amide bonds. The third kappa shape index (κ3) is 5.13. The number of nitrogens with zero attached hydrogens (tertiary/aromatic N) is 2. The van der Waals surface area contributed by atoms with Crippen molar-refractivity contribution in [1.29, 1.82) is 0 Å². The molecule has 2 heterocycles.